The van der Waals surface area contributed by atoms with Crippen LogP contribution in [0.25, 0.3) is 0 Å². The smallest absolute Gasteiger partial charge is 0.337 e. The summed E-state index contributed by atoms with van der Waals surface area (Å²) in [5, 5.41) is 2.97. The van der Waals surface area contributed by atoms with Crippen molar-refractivity contribution in [3.8, 4) is 0 Å². The van der Waals surface area contributed by atoms with Crippen LogP contribution in [-0.4, -0.2) is 36.4 Å². The van der Waals surface area contributed by atoms with E-state index in [1.54, 1.807) is 24.5 Å². The normalized spacial score (nSPS) is 10.1. The number of hydrogen-bond donors (Lipinski definition) is 1. The van der Waals surface area contributed by atoms with Crippen molar-refractivity contribution in [2.24, 2.45) is 0 Å². The van der Waals surface area contributed by atoms with Crippen molar-refractivity contribution in [1.29, 1.82) is 0 Å². The maximum absolute atomic E-state index is 12.2. The van der Waals surface area contributed by atoms with Crippen molar-refractivity contribution in [3.05, 3.63) is 58.9 Å². The second-order valence-electron chi connectivity index (χ2n) is 5.40. The van der Waals surface area contributed by atoms with E-state index in [1.165, 1.54) is 37.1 Å². The summed E-state index contributed by atoms with van der Waals surface area (Å²) in [6, 6.07) is 7.94. The van der Waals surface area contributed by atoms with Gasteiger partial charge >= 0.3 is 5.97 Å². The van der Waals surface area contributed by atoms with Crippen LogP contribution in [0.15, 0.2) is 42.7 Å². The van der Waals surface area contributed by atoms with Gasteiger partial charge in [-0.2, -0.15) is 0 Å². The maximum Gasteiger partial charge on any atom is 0.337 e. The average molecular weight is 376 g/mol. The molecule has 0 radical (unpaired) electrons. The van der Waals surface area contributed by atoms with Gasteiger partial charge in [0.15, 0.2) is 0 Å². The van der Waals surface area contributed by atoms with Crippen LogP contribution in [0.2, 0.25) is 5.02 Å². The predicted octanol–water partition coefficient (Wildman–Crippen LogP) is 2.19. The lowest BCUT2D eigenvalue weighted by Gasteiger charge is -2.22. The third-order valence-corrected chi connectivity index (χ3v) is 3.90. The number of amides is 2. The number of carbonyl (C=O) groups excluding carboxylic acids is 3. The number of anilines is 1. The molecule has 136 valence electrons. The number of carbonyl (C=O) groups is 3. The molecule has 0 saturated carbocycles. The monoisotopic (exact) mass is 375 g/mol. The predicted molar refractivity (Wildman–Crippen MR) is 96.9 cm³/mol. The van der Waals surface area contributed by atoms with Crippen molar-refractivity contribution >= 4 is 35.1 Å². The molecule has 1 aromatic heterocycles. The number of aromatic nitrogens is 1. The van der Waals surface area contributed by atoms with Crippen LogP contribution in [0.5, 0.6) is 0 Å². The second kappa shape index (κ2) is 8.96. The Labute approximate surface area is 155 Å². The molecule has 0 spiro atoms. The number of rotatable bonds is 6. The van der Waals surface area contributed by atoms with Crippen molar-refractivity contribution in [3.63, 3.8) is 0 Å². The number of benzene rings is 1. The number of nitrogens with zero attached hydrogens (tertiary/aromatic N) is 2. The Morgan fingerprint density at radius 1 is 1.19 bits per heavy atom. The van der Waals surface area contributed by atoms with E-state index in [9.17, 15) is 14.4 Å². The van der Waals surface area contributed by atoms with Gasteiger partial charge in [-0.3, -0.25) is 14.6 Å². The molecule has 0 unspecified atom stereocenters. The van der Waals surface area contributed by atoms with Crippen molar-refractivity contribution in [2.45, 2.75) is 13.5 Å². The van der Waals surface area contributed by atoms with E-state index in [-0.39, 0.29) is 34.6 Å². The average Bonchev–Trinajstić information content (AvgIpc) is 2.65. The lowest BCUT2D eigenvalue weighted by Crippen LogP contribution is -2.39. The summed E-state index contributed by atoms with van der Waals surface area (Å²) in [7, 11) is 1.26. The highest BCUT2D eigenvalue weighted by Crippen LogP contribution is 2.27. The highest BCUT2D eigenvalue weighted by atomic mass is 35.5. The molecule has 2 aromatic rings. The molecule has 0 aliphatic carbocycles. The van der Waals surface area contributed by atoms with Crippen molar-refractivity contribution < 1.29 is 19.1 Å². The lowest BCUT2D eigenvalue weighted by molar-refractivity contribution is -0.123. The van der Waals surface area contributed by atoms with E-state index in [0.29, 0.717) is 6.54 Å². The molecule has 1 aromatic carbocycles. The second-order valence-corrected chi connectivity index (χ2v) is 5.80. The van der Waals surface area contributed by atoms with Crippen LogP contribution in [0.3, 0.4) is 0 Å². The molecule has 8 heteroatoms. The minimum atomic E-state index is -0.562. The van der Waals surface area contributed by atoms with E-state index in [0.717, 1.165) is 5.56 Å². The fourth-order valence-electron chi connectivity index (χ4n) is 2.23. The minimum Gasteiger partial charge on any atom is -0.465 e. The summed E-state index contributed by atoms with van der Waals surface area (Å²) < 4.78 is 4.67. The molecular formula is C18H18ClN3O4. The number of esters is 1. The lowest BCUT2D eigenvalue weighted by atomic mass is 10.2. The first kappa shape index (κ1) is 19.4. The summed E-state index contributed by atoms with van der Waals surface area (Å²) >= 11 is 6.15. The fourth-order valence-corrected chi connectivity index (χ4v) is 2.45. The minimum absolute atomic E-state index is 0.231. The van der Waals surface area contributed by atoms with Gasteiger partial charge < -0.3 is 15.0 Å². The number of halogens is 1. The van der Waals surface area contributed by atoms with Crippen LogP contribution < -0.4 is 10.2 Å². The van der Waals surface area contributed by atoms with Crippen LogP contribution in [0.1, 0.15) is 22.8 Å². The van der Waals surface area contributed by atoms with E-state index < -0.39 is 5.97 Å². The van der Waals surface area contributed by atoms with E-state index in [1.807, 2.05) is 0 Å². The first-order chi connectivity index (χ1) is 12.4. The summed E-state index contributed by atoms with van der Waals surface area (Å²) in [6.45, 7) is 1.39. The fraction of sp³-hybridized carbons (Fsp3) is 0.222. The molecule has 0 bridgehead atoms. The van der Waals surface area contributed by atoms with Crippen molar-refractivity contribution in [2.75, 3.05) is 18.6 Å². The molecule has 0 aliphatic rings. The van der Waals surface area contributed by atoms with Crippen LogP contribution >= 0.6 is 11.6 Å². The summed E-state index contributed by atoms with van der Waals surface area (Å²) in [6.07, 6.45) is 3.25. The highest BCUT2D eigenvalue weighted by Gasteiger charge is 2.20. The van der Waals surface area contributed by atoms with Gasteiger partial charge in [-0.15, -0.1) is 0 Å². The van der Waals surface area contributed by atoms with Gasteiger partial charge in [0.25, 0.3) is 0 Å². The molecule has 0 saturated heterocycles. The molecule has 0 fully saturated rings. The number of methoxy groups -OCH3 is 1. The molecule has 0 aliphatic heterocycles. The Morgan fingerprint density at radius 2 is 1.88 bits per heavy atom. The molecule has 2 amide bonds. The quantitative estimate of drug-likeness (QED) is 0.782. The SMILES string of the molecule is COC(=O)c1ccc(Cl)c(N(CC(=O)NCc2ccncc2)C(C)=O)c1. The Kier molecular flexibility index (Phi) is 6.68. The van der Waals surface area contributed by atoms with Gasteiger partial charge in [0.2, 0.25) is 11.8 Å². The Balaban J connectivity index is 2.14. The summed E-state index contributed by atoms with van der Waals surface area (Å²) in [5.74, 6) is -1.31. The largest absolute Gasteiger partial charge is 0.465 e. The zero-order chi connectivity index (χ0) is 19.1. The Bertz CT molecular complexity index is 811. The van der Waals surface area contributed by atoms with Crippen LogP contribution in [0, 0.1) is 0 Å². The third kappa shape index (κ3) is 5.03. The Hall–Kier alpha value is -2.93. The maximum atomic E-state index is 12.2. The first-order valence-corrected chi connectivity index (χ1v) is 8.11. The highest BCUT2D eigenvalue weighted by molar-refractivity contribution is 6.34. The summed E-state index contributed by atoms with van der Waals surface area (Å²) in [5.41, 5.74) is 1.38. The molecule has 1 heterocycles. The van der Waals surface area contributed by atoms with E-state index in [4.69, 9.17) is 11.6 Å². The number of hydrogen-bond acceptors (Lipinski definition) is 5. The van der Waals surface area contributed by atoms with E-state index >= 15 is 0 Å². The number of pyridine rings is 1. The zero-order valence-electron chi connectivity index (χ0n) is 14.4. The molecule has 1 N–H and O–H groups in total. The van der Waals surface area contributed by atoms with Gasteiger partial charge in [-0.05, 0) is 35.9 Å². The topological polar surface area (TPSA) is 88.6 Å². The van der Waals surface area contributed by atoms with E-state index in [2.05, 4.69) is 15.0 Å². The van der Waals surface area contributed by atoms with Crippen molar-refractivity contribution in [1.82, 2.24) is 10.3 Å². The van der Waals surface area contributed by atoms with Gasteiger partial charge in [0.1, 0.15) is 6.54 Å². The molecule has 2 rings (SSSR count). The zero-order valence-corrected chi connectivity index (χ0v) is 15.1. The standard InChI is InChI=1S/C18H18ClN3O4/c1-12(23)22(11-17(24)21-10-13-5-7-20-8-6-13)16-9-14(18(25)26-2)3-4-15(16)19/h3-9H,10-11H2,1-2H3,(H,21,24). The van der Waals surface area contributed by atoms with Crippen LogP contribution in [-0.2, 0) is 20.9 Å². The summed E-state index contributed by atoms with van der Waals surface area (Å²) in [4.78, 5) is 41.1. The third-order valence-electron chi connectivity index (χ3n) is 3.58. The molecular weight excluding hydrogens is 358 g/mol. The molecule has 7 nitrogen and oxygen atoms in total. The van der Waals surface area contributed by atoms with Gasteiger partial charge in [0.05, 0.1) is 23.4 Å². The van der Waals surface area contributed by atoms with Crippen LogP contribution in [0.4, 0.5) is 5.69 Å². The molecule has 0 atom stereocenters. The number of ether oxygens (including phenoxy) is 1. The van der Waals surface area contributed by atoms with Gasteiger partial charge in [-0.1, -0.05) is 11.6 Å². The van der Waals surface area contributed by atoms with Gasteiger partial charge in [-0.25, -0.2) is 4.79 Å². The molecule has 26 heavy (non-hydrogen) atoms. The first-order valence-electron chi connectivity index (χ1n) is 7.74. The number of nitrogens with one attached hydrogen (secondary N) is 1. The van der Waals surface area contributed by atoms with Gasteiger partial charge in [0, 0.05) is 25.9 Å². The Morgan fingerprint density at radius 3 is 2.50 bits per heavy atom.